The lowest BCUT2D eigenvalue weighted by molar-refractivity contribution is -0.136. The van der Waals surface area contributed by atoms with Gasteiger partial charge in [-0.05, 0) is 25.8 Å². The summed E-state index contributed by atoms with van der Waals surface area (Å²) in [5, 5.41) is 0. The number of carbonyl (C=O) groups excluding carboxylic acids is 2. The van der Waals surface area contributed by atoms with E-state index in [1.807, 2.05) is 41.8 Å². The Bertz CT molecular complexity index is 564. The lowest BCUT2D eigenvalue weighted by Gasteiger charge is -2.37. The third kappa shape index (κ3) is 5.31. The van der Waals surface area contributed by atoms with Crippen LogP contribution >= 0.6 is 0 Å². The molecular weight excluding hydrogens is 326 g/mol. The maximum absolute atomic E-state index is 13.1. The van der Waals surface area contributed by atoms with Gasteiger partial charge < -0.3 is 9.80 Å². The van der Waals surface area contributed by atoms with E-state index in [0.29, 0.717) is 19.6 Å². The van der Waals surface area contributed by atoms with Gasteiger partial charge in [-0.1, -0.05) is 43.7 Å². The van der Waals surface area contributed by atoms with Crippen molar-refractivity contribution >= 4 is 11.8 Å². The largest absolute Gasteiger partial charge is 0.342 e. The van der Waals surface area contributed by atoms with Crippen molar-refractivity contribution in [3.05, 3.63) is 35.9 Å². The summed E-state index contributed by atoms with van der Waals surface area (Å²) in [7, 11) is 0. The first-order valence-electron chi connectivity index (χ1n) is 9.94. The summed E-state index contributed by atoms with van der Waals surface area (Å²) in [5.41, 5.74) is 1.11. The number of piperazine rings is 1. The fourth-order valence-corrected chi connectivity index (χ4v) is 3.62. The summed E-state index contributed by atoms with van der Waals surface area (Å²) in [4.78, 5) is 31.3. The quantitative estimate of drug-likeness (QED) is 0.717. The molecule has 0 N–H and O–H groups in total. The molecule has 1 fully saturated rings. The number of carbonyl (C=O) groups is 2. The van der Waals surface area contributed by atoms with Gasteiger partial charge in [-0.15, -0.1) is 0 Å². The standard InChI is InChI=1S/C21H33N3O2/c1-4-10-19(18-11-8-7-9-12-18)21(26)24-15-13-22(14-16-24)17-20(25)23(5-2)6-3/h7-9,11-12,19H,4-6,10,13-17H2,1-3H3. The highest BCUT2D eigenvalue weighted by Crippen LogP contribution is 2.24. The molecule has 1 heterocycles. The van der Waals surface area contributed by atoms with Crippen molar-refractivity contribution in [3.8, 4) is 0 Å². The minimum Gasteiger partial charge on any atom is -0.342 e. The number of benzene rings is 1. The molecule has 2 amide bonds. The Hall–Kier alpha value is -1.88. The van der Waals surface area contributed by atoms with E-state index in [1.165, 1.54) is 0 Å². The van der Waals surface area contributed by atoms with E-state index in [2.05, 4.69) is 24.0 Å². The average molecular weight is 360 g/mol. The number of hydrogen-bond donors (Lipinski definition) is 0. The van der Waals surface area contributed by atoms with Gasteiger partial charge in [0.1, 0.15) is 0 Å². The van der Waals surface area contributed by atoms with Crippen molar-refractivity contribution in [1.82, 2.24) is 14.7 Å². The smallest absolute Gasteiger partial charge is 0.236 e. The van der Waals surface area contributed by atoms with Gasteiger partial charge in [-0.3, -0.25) is 14.5 Å². The van der Waals surface area contributed by atoms with E-state index >= 15 is 0 Å². The number of nitrogens with zero attached hydrogens (tertiary/aromatic N) is 3. The molecule has 0 radical (unpaired) electrons. The second-order valence-corrected chi connectivity index (χ2v) is 6.92. The minimum atomic E-state index is -0.0509. The Morgan fingerprint density at radius 3 is 2.15 bits per heavy atom. The van der Waals surface area contributed by atoms with Crippen molar-refractivity contribution in [2.24, 2.45) is 0 Å². The summed E-state index contributed by atoms with van der Waals surface area (Å²) >= 11 is 0. The van der Waals surface area contributed by atoms with Crippen LogP contribution in [0.1, 0.15) is 45.1 Å². The van der Waals surface area contributed by atoms with E-state index < -0.39 is 0 Å². The monoisotopic (exact) mass is 359 g/mol. The Labute approximate surface area is 158 Å². The first-order chi connectivity index (χ1) is 12.6. The Morgan fingerprint density at radius 2 is 1.62 bits per heavy atom. The highest BCUT2D eigenvalue weighted by molar-refractivity contribution is 5.84. The van der Waals surface area contributed by atoms with Crippen LogP contribution in [0.4, 0.5) is 0 Å². The second kappa shape index (κ2) is 10.3. The van der Waals surface area contributed by atoms with E-state index in [4.69, 9.17) is 0 Å². The first-order valence-corrected chi connectivity index (χ1v) is 9.94. The van der Waals surface area contributed by atoms with Crippen molar-refractivity contribution in [2.45, 2.75) is 39.5 Å². The van der Waals surface area contributed by atoms with Crippen LogP contribution in [0.2, 0.25) is 0 Å². The molecule has 1 saturated heterocycles. The molecule has 0 aromatic heterocycles. The zero-order valence-corrected chi connectivity index (χ0v) is 16.5. The van der Waals surface area contributed by atoms with E-state index in [0.717, 1.165) is 44.6 Å². The number of amides is 2. The molecule has 1 atom stereocenters. The third-order valence-electron chi connectivity index (χ3n) is 5.24. The van der Waals surface area contributed by atoms with E-state index in [-0.39, 0.29) is 17.7 Å². The molecule has 0 bridgehead atoms. The van der Waals surface area contributed by atoms with Gasteiger partial charge >= 0.3 is 0 Å². The predicted molar refractivity (Wildman–Crippen MR) is 105 cm³/mol. The van der Waals surface area contributed by atoms with Crippen molar-refractivity contribution in [2.75, 3.05) is 45.8 Å². The average Bonchev–Trinajstić information content (AvgIpc) is 2.68. The van der Waals surface area contributed by atoms with E-state index in [9.17, 15) is 9.59 Å². The van der Waals surface area contributed by atoms with Crippen LogP contribution in [-0.2, 0) is 9.59 Å². The summed E-state index contributed by atoms with van der Waals surface area (Å²) in [6, 6.07) is 10.1. The normalized spacial score (nSPS) is 16.3. The predicted octanol–water partition coefficient (Wildman–Crippen LogP) is 2.58. The van der Waals surface area contributed by atoms with Gasteiger partial charge in [0.05, 0.1) is 12.5 Å². The van der Waals surface area contributed by atoms with E-state index in [1.54, 1.807) is 0 Å². The molecule has 1 unspecified atom stereocenters. The molecule has 0 aliphatic carbocycles. The molecule has 0 saturated carbocycles. The van der Waals surface area contributed by atoms with Crippen LogP contribution in [0, 0.1) is 0 Å². The topological polar surface area (TPSA) is 43.9 Å². The maximum Gasteiger partial charge on any atom is 0.236 e. The number of rotatable bonds is 8. The van der Waals surface area contributed by atoms with Crippen LogP contribution < -0.4 is 0 Å². The highest BCUT2D eigenvalue weighted by Gasteiger charge is 2.28. The van der Waals surface area contributed by atoms with Gasteiger partial charge in [0, 0.05) is 39.3 Å². The van der Waals surface area contributed by atoms with Gasteiger partial charge in [-0.2, -0.15) is 0 Å². The summed E-state index contributed by atoms with van der Waals surface area (Å²) in [5.74, 6) is 0.362. The summed E-state index contributed by atoms with van der Waals surface area (Å²) < 4.78 is 0. The molecule has 1 aliphatic rings. The molecule has 1 aromatic carbocycles. The third-order valence-corrected chi connectivity index (χ3v) is 5.24. The lowest BCUT2D eigenvalue weighted by atomic mass is 9.93. The Balaban J connectivity index is 1.91. The zero-order valence-electron chi connectivity index (χ0n) is 16.5. The van der Waals surface area contributed by atoms with Crippen LogP contribution in [0.5, 0.6) is 0 Å². The summed E-state index contributed by atoms with van der Waals surface area (Å²) in [6.07, 6.45) is 1.87. The Kier molecular flexibility index (Phi) is 8.10. The van der Waals surface area contributed by atoms with Gasteiger partial charge in [0.15, 0.2) is 0 Å². The molecule has 0 spiro atoms. The SMILES string of the molecule is CCCC(C(=O)N1CCN(CC(=O)N(CC)CC)CC1)c1ccccc1. The lowest BCUT2D eigenvalue weighted by Crippen LogP contribution is -2.52. The van der Waals surface area contributed by atoms with Crippen LogP contribution in [-0.4, -0.2) is 72.3 Å². The molecule has 5 nitrogen and oxygen atoms in total. The molecule has 26 heavy (non-hydrogen) atoms. The fraction of sp³-hybridized carbons (Fsp3) is 0.619. The van der Waals surface area contributed by atoms with Crippen molar-refractivity contribution in [3.63, 3.8) is 0 Å². The fourth-order valence-electron chi connectivity index (χ4n) is 3.62. The van der Waals surface area contributed by atoms with Crippen LogP contribution in [0.15, 0.2) is 30.3 Å². The first kappa shape index (κ1) is 20.4. The van der Waals surface area contributed by atoms with Crippen molar-refractivity contribution in [1.29, 1.82) is 0 Å². The molecule has 1 aliphatic heterocycles. The molecule has 1 aromatic rings. The zero-order chi connectivity index (χ0) is 18.9. The van der Waals surface area contributed by atoms with Crippen molar-refractivity contribution < 1.29 is 9.59 Å². The maximum atomic E-state index is 13.1. The molecule has 5 heteroatoms. The van der Waals surface area contributed by atoms with Gasteiger partial charge in [0.2, 0.25) is 11.8 Å². The molecule has 144 valence electrons. The summed E-state index contributed by atoms with van der Waals surface area (Å²) in [6.45, 7) is 11.1. The van der Waals surface area contributed by atoms with Crippen LogP contribution in [0.3, 0.4) is 0 Å². The highest BCUT2D eigenvalue weighted by atomic mass is 16.2. The van der Waals surface area contributed by atoms with Crippen LogP contribution in [0.25, 0.3) is 0 Å². The van der Waals surface area contributed by atoms with Gasteiger partial charge in [0.25, 0.3) is 0 Å². The molecular formula is C21H33N3O2. The number of hydrogen-bond acceptors (Lipinski definition) is 3. The Morgan fingerprint density at radius 1 is 1.00 bits per heavy atom. The molecule has 2 rings (SSSR count). The number of likely N-dealkylation sites (N-methyl/N-ethyl adjacent to an activating group) is 1. The second-order valence-electron chi connectivity index (χ2n) is 6.92. The minimum absolute atomic E-state index is 0.0509. The van der Waals surface area contributed by atoms with Gasteiger partial charge in [-0.25, -0.2) is 0 Å².